The molecule has 0 aliphatic carbocycles. The third-order valence-corrected chi connectivity index (χ3v) is 2.12. The molecule has 13 heavy (non-hydrogen) atoms. The number of hydrogen-bond donors (Lipinski definition) is 0. The average molecular weight is 191 g/mol. The van der Waals surface area contributed by atoms with Crippen molar-refractivity contribution in [3.05, 3.63) is 17.0 Å². The van der Waals surface area contributed by atoms with Crippen molar-refractivity contribution < 1.29 is 12.9 Å². The van der Waals surface area contributed by atoms with E-state index < -0.39 is 13.4 Å². The summed E-state index contributed by atoms with van der Waals surface area (Å²) in [6.45, 7) is 0.334. The second-order valence-corrected chi connectivity index (χ2v) is 3.19. The molecule has 0 aliphatic heterocycles. The van der Waals surface area contributed by atoms with Gasteiger partial charge in [-0.2, -0.15) is 5.10 Å². The predicted molar refractivity (Wildman–Crippen MR) is 45.5 cm³/mol. The molecule has 1 rings (SSSR count). The lowest BCUT2D eigenvalue weighted by molar-refractivity contribution is 0.433. The summed E-state index contributed by atoms with van der Waals surface area (Å²) in [5, 5.41) is 3.81. The van der Waals surface area contributed by atoms with E-state index in [0.717, 1.165) is 10.2 Å². The van der Waals surface area contributed by atoms with Gasteiger partial charge in [0.25, 0.3) is 0 Å². The van der Waals surface area contributed by atoms with Crippen LogP contribution in [0.3, 0.4) is 0 Å². The number of aryl methyl sites for hydroxylation is 1. The Balaban J connectivity index is 2.97. The van der Waals surface area contributed by atoms with Crippen molar-refractivity contribution in [2.24, 2.45) is 0 Å². The summed E-state index contributed by atoms with van der Waals surface area (Å²) in [4.78, 5) is 0. The Morgan fingerprint density at radius 2 is 1.77 bits per heavy atom. The van der Waals surface area contributed by atoms with Gasteiger partial charge in [0, 0.05) is 12.1 Å². The second kappa shape index (κ2) is 3.08. The molecule has 0 unspecified atom stereocenters. The molecule has 2 nitrogen and oxygen atoms in total. The molecule has 0 spiro atoms. The van der Waals surface area contributed by atoms with Crippen LogP contribution in [0, 0.1) is 20.8 Å². The first-order valence-corrected chi connectivity index (χ1v) is 4.03. The summed E-state index contributed by atoms with van der Waals surface area (Å²) in [6.07, 6.45) is -0.944. The Bertz CT molecular complexity index is 316. The van der Waals surface area contributed by atoms with Crippen LogP contribution in [0.15, 0.2) is 0 Å². The zero-order valence-corrected chi connectivity index (χ0v) is 7.81. The summed E-state index contributed by atoms with van der Waals surface area (Å²) < 4.78 is 37.2. The molecule has 0 atom stereocenters. The largest absolute Gasteiger partial charge is 0.499 e. The smallest absolute Gasteiger partial charge is 0.448 e. The van der Waals surface area contributed by atoms with E-state index in [4.69, 9.17) is 0 Å². The fourth-order valence-corrected chi connectivity index (χ4v) is 1.16. The van der Waals surface area contributed by atoms with E-state index in [9.17, 15) is 12.9 Å². The standard InChI is InChI=1S/C7H11BF3N2/c1-5-6(2)12-13(7(5)3)4-8(9,10)11/h4H2,1-3H3/q-1. The molecule has 74 valence electrons. The highest BCUT2D eigenvalue weighted by atomic mass is 19.4. The molecule has 1 aromatic heterocycles. The van der Waals surface area contributed by atoms with Gasteiger partial charge in [-0.1, -0.05) is 0 Å². The quantitative estimate of drug-likeness (QED) is 0.655. The molecule has 0 bridgehead atoms. The molecule has 0 saturated heterocycles. The van der Waals surface area contributed by atoms with E-state index >= 15 is 0 Å². The lowest BCUT2D eigenvalue weighted by atomic mass is 9.92. The molecule has 0 aliphatic rings. The third-order valence-electron chi connectivity index (χ3n) is 2.12. The Hall–Kier alpha value is -0.935. The molecule has 1 aromatic rings. The predicted octanol–water partition coefficient (Wildman–Crippen LogP) is 2.19. The van der Waals surface area contributed by atoms with E-state index in [2.05, 4.69) is 5.10 Å². The molecular weight excluding hydrogens is 180 g/mol. The normalized spacial score (nSPS) is 12.2. The Kier molecular flexibility index (Phi) is 2.41. The van der Waals surface area contributed by atoms with E-state index in [1.54, 1.807) is 20.8 Å². The summed E-state index contributed by atoms with van der Waals surface area (Å²) in [6, 6.07) is 0. The van der Waals surface area contributed by atoms with Crippen molar-refractivity contribution in [1.29, 1.82) is 0 Å². The summed E-state index contributed by atoms with van der Waals surface area (Å²) >= 11 is 0. The van der Waals surface area contributed by atoms with Gasteiger partial charge < -0.3 is 12.9 Å². The van der Waals surface area contributed by atoms with Crippen LogP contribution < -0.4 is 0 Å². The third kappa shape index (κ3) is 2.26. The van der Waals surface area contributed by atoms with Gasteiger partial charge in [0.2, 0.25) is 0 Å². The Morgan fingerprint density at radius 3 is 2.08 bits per heavy atom. The number of nitrogens with zero attached hydrogens (tertiary/aromatic N) is 2. The summed E-state index contributed by atoms with van der Waals surface area (Å²) in [7, 11) is 0. The molecule has 1 heterocycles. The van der Waals surface area contributed by atoms with Crippen LogP contribution in [-0.4, -0.2) is 16.8 Å². The minimum atomic E-state index is -4.80. The SMILES string of the molecule is Cc1nn(C[B-](F)(F)F)c(C)c1C. The second-order valence-electron chi connectivity index (χ2n) is 3.19. The van der Waals surface area contributed by atoms with Gasteiger partial charge in [-0.15, -0.1) is 0 Å². The maximum absolute atomic E-state index is 12.1. The highest BCUT2D eigenvalue weighted by Crippen LogP contribution is 2.16. The van der Waals surface area contributed by atoms with Gasteiger partial charge in [0.1, 0.15) is 0 Å². The molecular formula is C7H11BF3N2-. The van der Waals surface area contributed by atoms with Gasteiger partial charge in [0.05, 0.1) is 5.69 Å². The molecule has 0 aromatic carbocycles. The number of rotatable bonds is 2. The number of aromatic nitrogens is 2. The monoisotopic (exact) mass is 191 g/mol. The maximum atomic E-state index is 12.1. The lowest BCUT2D eigenvalue weighted by Crippen LogP contribution is -2.25. The van der Waals surface area contributed by atoms with Gasteiger partial charge in [-0.25, -0.2) is 0 Å². The summed E-state index contributed by atoms with van der Waals surface area (Å²) in [5.41, 5.74) is 2.09. The van der Waals surface area contributed by atoms with Crippen LogP contribution in [0.5, 0.6) is 0 Å². The highest BCUT2D eigenvalue weighted by Gasteiger charge is 2.25. The average Bonchev–Trinajstić information content (AvgIpc) is 2.15. The van der Waals surface area contributed by atoms with E-state index in [0.29, 0.717) is 11.4 Å². The van der Waals surface area contributed by atoms with Crippen LogP contribution in [-0.2, 0) is 6.44 Å². The van der Waals surface area contributed by atoms with Gasteiger partial charge >= 0.3 is 6.98 Å². The Morgan fingerprint density at radius 1 is 1.23 bits per heavy atom. The van der Waals surface area contributed by atoms with Crippen molar-refractivity contribution in [1.82, 2.24) is 9.78 Å². The zero-order valence-electron chi connectivity index (χ0n) is 7.81. The van der Waals surface area contributed by atoms with Crippen LogP contribution in [0.25, 0.3) is 0 Å². The van der Waals surface area contributed by atoms with Gasteiger partial charge in [0.15, 0.2) is 0 Å². The summed E-state index contributed by atoms with van der Waals surface area (Å²) in [5.74, 6) is 0. The number of hydrogen-bond acceptors (Lipinski definition) is 1. The topological polar surface area (TPSA) is 17.8 Å². The number of halogens is 3. The maximum Gasteiger partial charge on any atom is 0.499 e. The van der Waals surface area contributed by atoms with Crippen molar-refractivity contribution in [3.63, 3.8) is 0 Å². The van der Waals surface area contributed by atoms with E-state index in [1.165, 1.54) is 0 Å². The molecule has 0 saturated carbocycles. The molecule has 0 amide bonds. The first-order valence-electron chi connectivity index (χ1n) is 4.03. The van der Waals surface area contributed by atoms with Crippen molar-refractivity contribution in [2.75, 3.05) is 0 Å². The van der Waals surface area contributed by atoms with Crippen molar-refractivity contribution >= 4 is 6.98 Å². The Labute approximate surface area is 74.8 Å². The van der Waals surface area contributed by atoms with Gasteiger partial charge in [-0.3, -0.25) is 4.68 Å². The van der Waals surface area contributed by atoms with E-state index in [1.807, 2.05) is 0 Å². The zero-order chi connectivity index (χ0) is 10.2. The fourth-order valence-electron chi connectivity index (χ4n) is 1.16. The van der Waals surface area contributed by atoms with Crippen LogP contribution >= 0.6 is 0 Å². The highest BCUT2D eigenvalue weighted by molar-refractivity contribution is 6.57. The minimum absolute atomic E-state index is 0.594. The molecule has 0 fully saturated rings. The van der Waals surface area contributed by atoms with Crippen LogP contribution in [0.2, 0.25) is 0 Å². The van der Waals surface area contributed by atoms with Crippen LogP contribution in [0.1, 0.15) is 17.0 Å². The van der Waals surface area contributed by atoms with Crippen molar-refractivity contribution in [2.45, 2.75) is 27.2 Å². The minimum Gasteiger partial charge on any atom is -0.448 e. The first-order chi connectivity index (χ1) is 5.81. The molecule has 6 heteroatoms. The van der Waals surface area contributed by atoms with Crippen molar-refractivity contribution in [3.8, 4) is 0 Å². The fraction of sp³-hybridized carbons (Fsp3) is 0.571. The van der Waals surface area contributed by atoms with Crippen LogP contribution in [0.4, 0.5) is 12.9 Å². The van der Waals surface area contributed by atoms with E-state index in [-0.39, 0.29) is 0 Å². The molecule has 0 radical (unpaired) electrons. The first kappa shape index (κ1) is 10.1. The van der Waals surface area contributed by atoms with Gasteiger partial charge in [-0.05, 0) is 26.3 Å². The lowest BCUT2D eigenvalue weighted by Gasteiger charge is -2.14. The molecule has 0 N–H and O–H groups in total.